The summed E-state index contributed by atoms with van der Waals surface area (Å²) >= 11 is 0. The minimum atomic E-state index is -0.248. The van der Waals surface area contributed by atoms with Crippen LogP contribution in [0.25, 0.3) is 0 Å². The number of hydrogen-bond acceptors (Lipinski definition) is 5. The molecular weight excluding hydrogens is 587 g/mol. The van der Waals surface area contributed by atoms with E-state index in [9.17, 15) is 4.79 Å². The Bertz CT molecular complexity index is 1510. The first-order valence-corrected chi connectivity index (χ1v) is 15.4. The number of benzene rings is 4. The molecule has 0 bridgehead atoms. The molecule has 1 amide bonds. The van der Waals surface area contributed by atoms with Crippen LogP contribution in [-0.4, -0.2) is 30.0 Å². The Labute approximate surface area is 272 Å². The molecule has 6 nitrogen and oxygen atoms in total. The summed E-state index contributed by atoms with van der Waals surface area (Å²) in [6, 6.07) is 32.8. The second kappa shape index (κ2) is 14.8. The molecule has 2 heterocycles. The third-order valence-electron chi connectivity index (χ3n) is 8.42. The van der Waals surface area contributed by atoms with E-state index in [1.54, 1.807) is 0 Å². The van der Waals surface area contributed by atoms with Gasteiger partial charge in [-0.25, -0.2) is 0 Å². The molecule has 44 heavy (non-hydrogen) atoms. The summed E-state index contributed by atoms with van der Waals surface area (Å²) in [5.74, 6) is 2.41. The van der Waals surface area contributed by atoms with Gasteiger partial charge in [0.1, 0.15) is 19.0 Å². The second-order valence-electron chi connectivity index (χ2n) is 11.3. The Morgan fingerprint density at radius 2 is 1.64 bits per heavy atom. The van der Waals surface area contributed by atoms with Crippen molar-refractivity contribution in [2.75, 3.05) is 13.2 Å². The van der Waals surface area contributed by atoms with Crippen molar-refractivity contribution in [1.82, 2.24) is 10.2 Å². The van der Waals surface area contributed by atoms with E-state index < -0.39 is 0 Å². The molecule has 227 valence electrons. The summed E-state index contributed by atoms with van der Waals surface area (Å²) in [6.07, 6.45) is 2.25. The SMILES string of the molecule is CCCNC(=O)[C@@H]1Cc2cc3c(cc2CN1[C@@H](CC)c1ccccc1)O[C@@H](c1ccc(OCc2ccccc2)cc1)CO3.[V]. The van der Waals surface area contributed by atoms with E-state index in [4.69, 9.17) is 14.2 Å². The Morgan fingerprint density at radius 3 is 2.34 bits per heavy atom. The van der Waals surface area contributed by atoms with Crippen molar-refractivity contribution >= 4 is 5.91 Å². The van der Waals surface area contributed by atoms with E-state index in [-0.39, 0.29) is 42.7 Å². The molecular formula is C37H40N2O4V. The van der Waals surface area contributed by atoms with Gasteiger partial charge in [0.05, 0.1) is 6.04 Å². The average Bonchev–Trinajstić information content (AvgIpc) is 3.06. The molecule has 0 aromatic heterocycles. The minimum Gasteiger partial charge on any atom is -0.489 e. The van der Waals surface area contributed by atoms with E-state index in [1.807, 2.05) is 48.5 Å². The summed E-state index contributed by atoms with van der Waals surface area (Å²) in [5, 5.41) is 3.15. The minimum absolute atomic E-state index is 0. The summed E-state index contributed by atoms with van der Waals surface area (Å²) in [5.41, 5.74) is 5.74. The molecule has 0 aliphatic carbocycles. The molecule has 0 saturated carbocycles. The second-order valence-corrected chi connectivity index (χ2v) is 11.3. The van der Waals surface area contributed by atoms with Crippen LogP contribution in [-0.2, 0) is 42.9 Å². The number of amides is 1. The van der Waals surface area contributed by atoms with Gasteiger partial charge in [-0.15, -0.1) is 0 Å². The van der Waals surface area contributed by atoms with Gasteiger partial charge in [0, 0.05) is 37.7 Å². The first-order valence-electron chi connectivity index (χ1n) is 15.4. The van der Waals surface area contributed by atoms with E-state index in [2.05, 4.69) is 72.6 Å². The smallest absolute Gasteiger partial charge is 0.237 e. The molecule has 3 atom stereocenters. The maximum atomic E-state index is 13.4. The van der Waals surface area contributed by atoms with Crippen molar-refractivity contribution in [3.05, 3.63) is 125 Å². The van der Waals surface area contributed by atoms with Crippen LogP contribution in [0, 0.1) is 0 Å². The molecule has 2 aliphatic rings. The zero-order chi connectivity index (χ0) is 29.6. The summed E-state index contributed by atoms with van der Waals surface area (Å²) in [6.45, 7) is 6.58. The van der Waals surface area contributed by atoms with Gasteiger partial charge in [0.2, 0.25) is 5.91 Å². The Balaban J connectivity index is 0.00000384. The molecule has 2 aliphatic heterocycles. The quantitative estimate of drug-likeness (QED) is 0.202. The molecule has 1 radical (unpaired) electrons. The maximum Gasteiger partial charge on any atom is 0.237 e. The van der Waals surface area contributed by atoms with Crippen molar-refractivity contribution in [3.8, 4) is 17.2 Å². The van der Waals surface area contributed by atoms with Gasteiger partial charge >= 0.3 is 0 Å². The van der Waals surface area contributed by atoms with Crippen LogP contribution in [0.15, 0.2) is 97.1 Å². The normalized spacial score (nSPS) is 18.0. The van der Waals surface area contributed by atoms with Gasteiger partial charge in [0.15, 0.2) is 17.6 Å². The van der Waals surface area contributed by atoms with Crippen LogP contribution in [0.5, 0.6) is 17.2 Å². The molecule has 0 unspecified atom stereocenters. The third kappa shape index (κ3) is 7.15. The van der Waals surface area contributed by atoms with Crippen LogP contribution >= 0.6 is 0 Å². The number of nitrogens with one attached hydrogen (secondary N) is 1. The number of carbonyl (C=O) groups excluding carboxylic acids is 1. The van der Waals surface area contributed by atoms with Gasteiger partial charge < -0.3 is 19.5 Å². The fourth-order valence-corrected chi connectivity index (χ4v) is 6.13. The predicted molar refractivity (Wildman–Crippen MR) is 168 cm³/mol. The molecule has 4 aromatic carbocycles. The molecule has 0 spiro atoms. The van der Waals surface area contributed by atoms with Gasteiger partial charge in [-0.05, 0) is 71.3 Å². The first-order chi connectivity index (χ1) is 21.1. The first kappa shape index (κ1) is 31.7. The van der Waals surface area contributed by atoms with Crippen LogP contribution in [0.1, 0.15) is 66.7 Å². The van der Waals surface area contributed by atoms with Crippen LogP contribution in [0.2, 0.25) is 0 Å². The Kier molecular flexibility index (Phi) is 10.7. The number of hydrogen-bond donors (Lipinski definition) is 1. The van der Waals surface area contributed by atoms with Gasteiger partial charge in [-0.2, -0.15) is 0 Å². The number of fused-ring (bicyclic) bond motifs is 2. The van der Waals surface area contributed by atoms with E-state index in [1.165, 1.54) is 11.1 Å². The monoisotopic (exact) mass is 627 g/mol. The standard InChI is InChI=1S/C37H40N2O4.V/c1-3-19-38-37(40)33-20-29-21-34-35(22-30(29)23-39(33)32(4-2)27-13-9-6-10-14-27)43-36(25-42-34)28-15-17-31(18-16-28)41-24-26-11-7-5-8-12-26;/h5-18,21-22,32-33,36H,3-4,19-20,23-25H2,1-2H3,(H,38,40);/t32-,33-,36+;/m0./s1. The third-order valence-corrected chi connectivity index (χ3v) is 8.42. The fourth-order valence-electron chi connectivity index (χ4n) is 6.13. The van der Waals surface area contributed by atoms with Crippen molar-refractivity contribution in [2.24, 2.45) is 0 Å². The number of nitrogens with zero attached hydrogens (tertiary/aromatic N) is 1. The predicted octanol–water partition coefficient (Wildman–Crippen LogP) is 7.18. The zero-order valence-corrected chi connectivity index (χ0v) is 26.8. The van der Waals surface area contributed by atoms with E-state index in [0.717, 1.165) is 46.8 Å². The Hall–Kier alpha value is -3.71. The summed E-state index contributed by atoms with van der Waals surface area (Å²) < 4.78 is 18.7. The van der Waals surface area contributed by atoms with Crippen molar-refractivity contribution in [1.29, 1.82) is 0 Å². The molecule has 0 fully saturated rings. The van der Waals surface area contributed by atoms with Crippen molar-refractivity contribution in [3.63, 3.8) is 0 Å². The van der Waals surface area contributed by atoms with Crippen molar-refractivity contribution in [2.45, 2.75) is 64.4 Å². The fraction of sp³-hybridized carbons (Fsp3) is 0.324. The topological polar surface area (TPSA) is 60.0 Å². The molecule has 4 aromatic rings. The molecule has 0 saturated heterocycles. The number of ether oxygens (including phenoxy) is 3. The van der Waals surface area contributed by atoms with Gasteiger partial charge in [-0.3, -0.25) is 9.69 Å². The molecule has 1 N–H and O–H groups in total. The molecule has 6 rings (SSSR count). The molecule has 7 heteroatoms. The largest absolute Gasteiger partial charge is 0.489 e. The zero-order valence-electron chi connectivity index (χ0n) is 25.4. The average molecular weight is 628 g/mol. The van der Waals surface area contributed by atoms with E-state index >= 15 is 0 Å². The summed E-state index contributed by atoms with van der Waals surface area (Å²) in [4.78, 5) is 15.8. The van der Waals surface area contributed by atoms with Crippen LogP contribution in [0.4, 0.5) is 0 Å². The summed E-state index contributed by atoms with van der Waals surface area (Å²) in [7, 11) is 0. The van der Waals surface area contributed by atoms with Gasteiger partial charge in [0.25, 0.3) is 0 Å². The number of carbonyl (C=O) groups is 1. The van der Waals surface area contributed by atoms with Crippen molar-refractivity contribution < 1.29 is 37.6 Å². The van der Waals surface area contributed by atoms with Crippen LogP contribution < -0.4 is 19.5 Å². The van der Waals surface area contributed by atoms with Crippen LogP contribution in [0.3, 0.4) is 0 Å². The van der Waals surface area contributed by atoms with Gasteiger partial charge in [-0.1, -0.05) is 86.6 Å². The maximum absolute atomic E-state index is 13.4. The Morgan fingerprint density at radius 1 is 0.932 bits per heavy atom. The number of rotatable bonds is 10. The van der Waals surface area contributed by atoms with E-state index in [0.29, 0.717) is 32.7 Å².